The fourth-order valence-electron chi connectivity index (χ4n) is 2.71. The molecule has 0 saturated carbocycles. The zero-order valence-corrected chi connectivity index (χ0v) is 14.6. The summed E-state index contributed by atoms with van der Waals surface area (Å²) in [5, 5.41) is 8.97. The van der Waals surface area contributed by atoms with Crippen LogP contribution in [0.2, 0.25) is 0 Å². The summed E-state index contributed by atoms with van der Waals surface area (Å²) in [5.74, 6) is 0.496. The number of benzene rings is 1. The molecule has 7 nitrogen and oxygen atoms in total. The molecule has 0 radical (unpaired) electrons. The van der Waals surface area contributed by atoms with E-state index in [9.17, 15) is 13.2 Å². The van der Waals surface area contributed by atoms with Gasteiger partial charge in [0.2, 0.25) is 15.9 Å². The van der Waals surface area contributed by atoms with E-state index in [0.29, 0.717) is 32.1 Å². The van der Waals surface area contributed by atoms with Crippen LogP contribution in [0.5, 0.6) is 0 Å². The Balaban J connectivity index is 1.86. The Kier molecular flexibility index (Phi) is 5.10. The summed E-state index contributed by atoms with van der Waals surface area (Å²) in [6, 6.07) is 7.11. The number of hydrogen-bond donors (Lipinski definition) is 0. The number of carbonyl (C=O) groups is 1. The van der Waals surface area contributed by atoms with E-state index in [1.165, 1.54) is 34.3 Å². The van der Waals surface area contributed by atoms with Crippen molar-refractivity contribution in [3.05, 3.63) is 29.8 Å². The van der Waals surface area contributed by atoms with Crippen LogP contribution in [-0.4, -0.2) is 67.5 Å². The minimum atomic E-state index is -3.82. The molecule has 1 aromatic carbocycles. The summed E-state index contributed by atoms with van der Waals surface area (Å²) in [7, 11) is -3.82. The molecule has 1 aromatic rings. The van der Waals surface area contributed by atoms with Crippen molar-refractivity contribution >= 4 is 27.7 Å². The fourth-order valence-corrected chi connectivity index (χ4v) is 5.90. The van der Waals surface area contributed by atoms with Crippen LogP contribution in [0.4, 0.5) is 0 Å². The number of rotatable bonds is 3. The van der Waals surface area contributed by atoms with Crippen molar-refractivity contribution in [1.29, 1.82) is 5.26 Å². The average Bonchev–Trinajstić information content (AvgIpc) is 3.12. The van der Waals surface area contributed by atoms with Gasteiger partial charge in [-0.25, -0.2) is 8.42 Å². The first-order valence-electron chi connectivity index (χ1n) is 7.50. The van der Waals surface area contributed by atoms with Crippen molar-refractivity contribution in [1.82, 2.24) is 9.21 Å². The highest BCUT2D eigenvalue weighted by molar-refractivity contribution is 8.00. The zero-order valence-electron chi connectivity index (χ0n) is 12.9. The molecule has 0 aliphatic carbocycles. The largest absolute Gasteiger partial charge is 0.378 e. The van der Waals surface area contributed by atoms with Gasteiger partial charge in [0.05, 0.1) is 35.6 Å². The Bertz CT molecular complexity index is 769. The average molecular weight is 367 g/mol. The van der Waals surface area contributed by atoms with Crippen LogP contribution in [0, 0.1) is 11.3 Å². The number of nitrogens with zero attached hydrogens (tertiary/aromatic N) is 3. The van der Waals surface area contributed by atoms with Crippen LogP contribution in [0.15, 0.2) is 29.2 Å². The zero-order chi connectivity index (χ0) is 17.2. The number of nitriles is 1. The number of sulfonamides is 1. The van der Waals surface area contributed by atoms with Crippen LogP contribution in [-0.2, 0) is 19.6 Å². The summed E-state index contributed by atoms with van der Waals surface area (Å²) in [6.07, 6.45) is 0. The molecule has 0 N–H and O–H groups in total. The van der Waals surface area contributed by atoms with E-state index >= 15 is 0 Å². The van der Waals surface area contributed by atoms with E-state index in [1.807, 2.05) is 6.07 Å². The number of thioether (sulfide) groups is 1. The van der Waals surface area contributed by atoms with Gasteiger partial charge in [0.1, 0.15) is 6.04 Å². The molecule has 1 amide bonds. The van der Waals surface area contributed by atoms with E-state index in [2.05, 4.69) is 0 Å². The third kappa shape index (κ3) is 3.28. The number of morpholine rings is 1. The predicted molar refractivity (Wildman–Crippen MR) is 88.7 cm³/mol. The van der Waals surface area contributed by atoms with Crippen molar-refractivity contribution in [2.45, 2.75) is 10.9 Å². The molecular weight excluding hydrogens is 350 g/mol. The second-order valence-corrected chi connectivity index (χ2v) is 8.38. The highest BCUT2D eigenvalue weighted by atomic mass is 32.2. The highest BCUT2D eigenvalue weighted by Crippen LogP contribution is 2.29. The van der Waals surface area contributed by atoms with Crippen LogP contribution in [0.3, 0.4) is 0 Å². The molecule has 128 valence electrons. The first-order valence-corrected chi connectivity index (χ1v) is 10.1. The van der Waals surface area contributed by atoms with Gasteiger partial charge in [0, 0.05) is 18.8 Å². The molecule has 0 spiro atoms. The van der Waals surface area contributed by atoms with Crippen LogP contribution in [0.1, 0.15) is 5.56 Å². The quantitative estimate of drug-likeness (QED) is 0.772. The second kappa shape index (κ2) is 7.11. The number of hydrogen-bond acceptors (Lipinski definition) is 6. The van der Waals surface area contributed by atoms with Gasteiger partial charge in [-0.3, -0.25) is 4.79 Å². The Hall–Kier alpha value is -1.60. The standard InChI is InChI=1S/C15H17N3O4S2/c16-9-12-2-1-3-13(8-12)24(20,21)18-11-23-10-14(18)15(19)17-4-6-22-7-5-17/h1-3,8,14H,4-7,10-11H2. The lowest BCUT2D eigenvalue weighted by molar-refractivity contribution is -0.138. The molecule has 24 heavy (non-hydrogen) atoms. The lowest BCUT2D eigenvalue weighted by atomic mass is 10.2. The van der Waals surface area contributed by atoms with Gasteiger partial charge in [0.25, 0.3) is 0 Å². The maximum atomic E-state index is 12.9. The molecule has 2 fully saturated rings. The minimum absolute atomic E-state index is 0.0452. The van der Waals surface area contributed by atoms with E-state index < -0.39 is 16.1 Å². The Morgan fingerprint density at radius 1 is 1.33 bits per heavy atom. The molecule has 1 atom stereocenters. The van der Waals surface area contributed by atoms with Crippen LogP contribution >= 0.6 is 11.8 Å². The molecule has 0 aromatic heterocycles. The summed E-state index contributed by atoms with van der Waals surface area (Å²) in [5.41, 5.74) is 0.277. The van der Waals surface area contributed by atoms with Crippen molar-refractivity contribution in [2.24, 2.45) is 0 Å². The second-order valence-electron chi connectivity index (χ2n) is 5.49. The maximum Gasteiger partial charge on any atom is 0.244 e. The van der Waals surface area contributed by atoms with Gasteiger partial charge >= 0.3 is 0 Å². The first-order chi connectivity index (χ1) is 11.5. The third-order valence-corrected chi connectivity index (χ3v) is 7.05. The van der Waals surface area contributed by atoms with Crippen LogP contribution < -0.4 is 0 Å². The van der Waals surface area contributed by atoms with Gasteiger partial charge in [-0.05, 0) is 18.2 Å². The lowest BCUT2D eigenvalue weighted by Gasteiger charge is -2.31. The van der Waals surface area contributed by atoms with Crippen molar-refractivity contribution < 1.29 is 17.9 Å². The monoisotopic (exact) mass is 367 g/mol. The smallest absolute Gasteiger partial charge is 0.244 e. The van der Waals surface area contributed by atoms with Crippen molar-refractivity contribution in [2.75, 3.05) is 37.9 Å². The Morgan fingerprint density at radius 3 is 2.79 bits per heavy atom. The normalized spacial score (nSPS) is 22.3. The fraction of sp³-hybridized carbons (Fsp3) is 0.467. The van der Waals surface area contributed by atoms with Crippen LogP contribution in [0.25, 0.3) is 0 Å². The summed E-state index contributed by atoms with van der Waals surface area (Å²) < 4.78 is 32.3. The van der Waals surface area contributed by atoms with Gasteiger partial charge < -0.3 is 9.64 Å². The molecule has 0 bridgehead atoms. The van der Waals surface area contributed by atoms with E-state index in [-0.39, 0.29) is 22.2 Å². The molecule has 1 unspecified atom stereocenters. The first kappa shape index (κ1) is 17.2. The number of carbonyl (C=O) groups excluding carboxylic acids is 1. The van der Waals surface area contributed by atoms with E-state index in [4.69, 9.17) is 10.00 Å². The minimum Gasteiger partial charge on any atom is -0.378 e. The molecule has 2 aliphatic heterocycles. The molecule has 2 saturated heterocycles. The summed E-state index contributed by atoms with van der Waals surface area (Å²) in [6.45, 7) is 1.92. The van der Waals surface area contributed by atoms with Gasteiger partial charge in [-0.15, -0.1) is 11.8 Å². The maximum absolute atomic E-state index is 12.9. The molecule has 3 rings (SSSR count). The Morgan fingerprint density at radius 2 is 2.08 bits per heavy atom. The topological polar surface area (TPSA) is 90.7 Å². The summed E-state index contributed by atoms with van der Waals surface area (Å²) in [4.78, 5) is 14.4. The predicted octanol–water partition coefficient (Wildman–Crippen LogP) is 0.481. The molecule has 2 heterocycles. The molecular formula is C15H17N3O4S2. The number of ether oxygens (including phenoxy) is 1. The SMILES string of the molecule is N#Cc1cccc(S(=O)(=O)N2CSCC2C(=O)N2CCOCC2)c1. The third-order valence-electron chi connectivity index (χ3n) is 4.02. The van der Waals surface area contributed by atoms with E-state index in [0.717, 1.165) is 0 Å². The molecule has 2 aliphatic rings. The summed E-state index contributed by atoms with van der Waals surface area (Å²) >= 11 is 1.42. The van der Waals surface area contributed by atoms with Crippen molar-refractivity contribution in [3.63, 3.8) is 0 Å². The van der Waals surface area contributed by atoms with Gasteiger partial charge in [0.15, 0.2) is 0 Å². The van der Waals surface area contributed by atoms with Gasteiger partial charge in [-0.1, -0.05) is 6.07 Å². The lowest BCUT2D eigenvalue weighted by Crippen LogP contribution is -2.51. The number of amides is 1. The molecule has 9 heteroatoms. The Labute approximate surface area is 145 Å². The highest BCUT2D eigenvalue weighted by Gasteiger charge is 2.41. The van der Waals surface area contributed by atoms with E-state index in [1.54, 1.807) is 11.0 Å². The van der Waals surface area contributed by atoms with Gasteiger partial charge in [-0.2, -0.15) is 9.57 Å². The van der Waals surface area contributed by atoms with Crippen molar-refractivity contribution in [3.8, 4) is 6.07 Å².